The zero-order valence-electron chi connectivity index (χ0n) is 15.9. The van der Waals surface area contributed by atoms with Crippen molar-refractivity contribution in [3.05, 3.63) is 53.6 Å². The topological polar surface area (TPSA) is 67.5 Å². The standard InChI is InChI=1S/C21H25N5O/c1-25-9-11-26(12-10-25)20-18-8-5-16(14-19(18)23-21(22)24-20)13-15-3-6-17(27-2)7-4-15/h3-8,14H,9-13H2,1-2H3,(H2,22,23,24). The van der Waals surface area contributed by atoms with Crippen molar-refractivity contribution in [3.63, 3.8) is 0 Å². The van der Waals surface area contributed by atoms with Crippen molar-refractivity contribution in [2.45, 2.75) is 6.42 Å². The number of nitrogens with two attached hydrogens (primary N) is 1. The van der Waals surface area contributed by atoms with Crippen LogP contribution in [0.1, 0.15) is 11.1 Å². The van der Waals surface area contributed by atoms with Crippen LogP contribution in [-0.4, -0.2) is 55.2 Å². The third kappa shape index (κ3) is 3.80. The molecule has 1 aliphatic rings. The number of fused-ring (bicyclic) bond motifs is 1. The zero-order chi connectivity index (χ0) is 18.8. The second-order valence-electron chi connectivity index (χ2n) is 7.07. The highest BCUT2D eigenvalue weighted by molar-refractivity contribution is 5.91. The van der Waals surface area contributed by atoms with Gasteiger partial charge in [-0.25, -0.2) is 4.98 Å². The zero-order valence-corrected chi connectivity index (χ0v) is 15.9. The molecule has 0 amide bonds. The molecule has 1 fully saturated rings. The van der Waals surface area contributed by atoms with Gasteiger partial charge in [0.05, 0.1) is 12.6 Å². The normalized spacial score (nSPS) is 15.3. The maximum atomic E-state index is 6.02. The lowest BCUT2D eigenvalue weighted by atomic mass is 10.0. The molecule has 0 radical (unpaired) electrons. The van der Waals surface area contributed by atoms with E-state index >= 15 is 0 Å². The molecule has 6 nitrogen and oxygen atoms in total. The summed E-state index contributed by atoms with van der Waals surface area (Å²) in [5.41, 5.74) is 9.36. The molecule has 4 rings (SSSR count). The molecule has 27 heavy (non-hydrogen) atoms. The van der Waals surface area contributed by atoms with E-state index in [1.807, 2.05) is 12.1 Å². The van der Waals surface area contributed by atoms with Crippen molar-refractivity contribution in [1.82, 2.24) is 14.9 Å². The van der Waals surface area contributed by atoms with Crippen LogP contribution in [0.3, 0.4) is 0 Å². The Morgan fingerprint density at radius 2 is 1.67 bits per heavy atom. The number of likely N-dealkylation sites (N-methyl/N-ethyl adjacent to an activating group) is 1. The summed E-state index contributed by atoms with van der Waals surface area (Å²) in [6, 6.07) is 14.6. The second kappa shape index (κ2) is 7.40. The van der Waals surface area contributed by atoms with Gasteiger partial charge in [-0.1, -0.05) is 18.2 Å². The van der Waals surface area contributed by atoms with Gasteiger partial charge in [0.15, 0.2) is 0 Å². The third-order valence-electron chi connectivity index (χ3n) is 5.13. The van der Waals surface area contributed by atoms with Crippen LogP contribution in [0.15, 0.2) is 42.5 Å². The SMILES string of the molecule is COc1ccc(Cc2ccc3c(N4CCN(C)CC4)nc(N)nc3c2)cc1. The summed E-state index contributed by atoms with van der Waals surface area (Å²) >= 11 is 0. The van der Waals surface area contributed by atoms with E-state index in [1.165, 1.54) is 11.1 Å². The van der Waals surface area contributed by atoms with E-state index in [2.05, 4.69) is 57.1 Å². The number of methoxy groups -OCH3 is 1. The largest absolute Gasteiger partial charge is 0.497 e. The van der Waals surface area contributed by atoms with Gasteiger partial charge in [-0.15, -0.1) is 0 Å². The van der Waals surface area contributed by atoms with E-state index in [4.69, 9.17) is 10.5 Å². The Morgan fingerprint density at radius 3 is 2.37 bits per heavy atom. The van der Waals surface area contributed by atoms with Crippen LogP contribution in [0.4, 0.5) is 11.8 Å². The number of anilines is 2. The molecule has 0 atom stereocenters. The Hall–Kier alpha value is -2.86. The first-order valence-electron chi connectivity index (χ1n) is 9.25. The first-order valence-corrected chi connectivity index (χ1v) is 9.25. The quantitative estimate of drug-likeness (QED) is 0.768. The molecule has 2 N–H and O–H groups in total. The average molecular weight is 363 g/mol. The summed E-state index contributed by atoms with van der Waals surface area (Å²) in [6.45, 7) is 3.97. The van der Waals surface area contributed by atoms with Crippen LogP contribution >= 0.6 is 0 Å². The molecule has 140 valence electrons. The van der Waals surface area contributed by atoms with Gasteiger partial charge >= 0.3 is 0 Å². The number of aromatic nitrogens is 2. The third-order valence-corrected chi connectivity index (χ3v) is 5.13. The highest BCUT2D eigenvalue weighted by atomic mass is 16.5. The summed E-state index contributed by atoms with van der Waals surface area (Å²) < 4.78 is 5.23. The van der Waals surface area contributed by atoms with Crippen LogP contribution in [0.25, 0.3) is 10.9 Å². The molecule has 1 saturated heterocycles. The Labute approximate surface area is 159 Å². The molecule has 1 aromatic heterocycles. The Bertz CT molecular complexity index is 933. The maximum absolute atomic E-state index is 6.02. The number of rotatable bonds is 4. The van der Waals surface area contributed by atoms with Gasteiger partial charge < -0.3 is 20.3 Å². The van der Waals surface area contributed by atoms with Crippen LogP contribution in [0.5, 0.6) is 5.75 Å². The van der Waals surface area contributed by atoms with Gasteiger partial charge in [0.1, 0.15) is 11.6 Å². The van der Waals surface area contributed by atoms with E-state index < -0.39 is 0 Å². The summed E-state index contributed by atoms with van der Waals surface area (Å²) in [5.74, 6) is 2.15. The summed E-state index contributed by atoms with van der Waals surface area (Å²) in [6.07, 6.45) is 0.841. The lowest BCUT2D eigenvalue weighted by molar-refractivity contribution is 0.312. The van der Waals surface area contributed by atoms with Gasteiger partial charge in [-0.3, -0.25) is 0 Å². The van der Waals surface area contributed by atoms with Crippen molar-refractivity contribution < 1.29 is 4.74 Å². The number of hydrogen-bond acceptors (Lipinski definition) is 6. The highest BCUT2D eigenvalue weighted by Crippen LogP contribution is 2.27. The first kappa shape index (κ1) is 17.5. The molecule has 0 bridgehead atoms. The van der Waals surface area contributed by atoms with Gasteiger partial charge in [0.2, 0.25) is 5.95 Å². The van der Waals surface area contributed by atoms with Gasteiger partial charge in [0.25, 0.3) is 0 Å². The van der Waals surface area contributed by atoms with Crippen molar-refractivity contribution in [3.8, 4) is 5.75 Å². The minimum Gasteiger partial charge on any atom is -0.497 e. The molecule has 0 spiro atoms. The molecule has 2 aromatic carbocycles. The molecular formula is C21H25N5O. The highest BCUT2D eigenvalue weighted by Gasteiger charge is 2.18. The van der Waals surface area contributed by atoms with Crippen LogP contribution < -0.4 is 15.4 Å². The van der Waals surface area contributed by atoms with E-state index in [9.17, 15) is 0 Å². The average Bonchev–Trinajstić information content (AvgIpc) is 2.68. The molecule has 2 heterocycles. The van der Waals surface area contributed by atoms with Crippen molar-refractivity contribution >= 4 is 22.7 Å². The summed E-state index contributed by atoms with van der Waals surface area (Å²) in [4.78, 5) is 13.7. The Balaban J connectivity index is 1.63. The van der Waals surface area contributed by atoms with Crippen LogP contribution in [0, 0.1) is 0 Å². The minimum absolute atomic E-state index is 0.332. The van der Waals surface area contributed by atoms with Crippen LogP contribution in [0.2, 0.25) is 0 Å². The lowest BCUT2D eigenvalue weighted by Crippen LogP contribution is -2.45. The fraction of sp³-hybridized carbons (Fsp3) is 0.333. The van der Waals surface area contributed by atoms with E-state index in [-0.39, 0.29) is 0 Å². The minimum atomic E-state index is 0.332. The van der Waals surface area contributed by atoms with Crippen molar-refractivity contribution in [2.75, 3.05) is 51.0 Å². The summed E-state index contributed by atoms with van der Waals surface area (Å²) in [7, 11) is 3.83. The van der Waals surface area contributed by atoms with Crippen LogP contribution in [-0.2, 0) is 6.42 Å². The molecule has 3 aromatic rings. The first-order chi connectivity index (χ1) is 13.1. The maximum Gasteiger partial charge on any atom is 0.222 e. The fourth-order valence-corrected chi connectivity index (χ4v) is 3.52. The molecular weight excluding hydrogens is 338 g/mol. The van der Waals surface area contributed by atoms with Crippen molar-refractivity contribution in [2.24, 2.45) is 0 Å². The molecule has 6 heteroatoms. The molecule has 0 aliphatic carbocycles. The summed E-state index contributed by atoms with van der Waals surface area (Å²) in [5, 5.41) is 1.06. The molecule has 1 aliphatic heterocycles. The molecule has 0 saturated carbocycles. The Kier molecular flexibility index (Phi) is 4.81. The number of ether oxygens (including phenoxy) is 1. The lowest BCUT2D eigenvalue weighted by Gasteiger charge is -2.33. The number of nitrogen functional groups attached to an aromatic ring is 1. The number of hydrogen-bond donors (Lipinski definition) is 1. The van der Waals surface area contributed by atoms with Gasteiger partial charge in [0, 0.05) is 31.6 Å². The molecule has 0 unspecified atom stereocenters. The second-order valence-corrected chi connectivity index (χ2v) is 7.07. The smallest absolute Gasteiger partial charge is 0.222 e. The number of benzene rings is 2. The van der Waals surface area contributed by atoms with Gasteiger partial charge in [-0.05, 0) is 48.9 Å². The Morgan fingerprint density at radius 1 is 0.963 bits per heavy atom. The van der Waals surface area contributed by atoms with Crippen molar-refractivity contribution in [1.29, 1.82) is 0 Å². The number of piperazine rings is 1. The monoisotopic (exact) mass is 363 g/mol. The van der Waals surface area contributed by atoms with E-state index in [1.54, 1.807) is 7.11 Å². The van der Waals surface area contributed by atoms with Gasteiger partial charge in [-0.2, -0.15) is 4.98 Å². The number of nitrogens with zero attached hydrogens (tertiary/aromatic N) is 4. The van der Waals surface area contributed by atoms with E-state index in [0.29, 0.717) is 5.95 Å². The fourth-order valence-electron chi connectivity index (χ4n) is 3.52. The van der Waals surface area contributed by atoms with E-state index in [0.717, 1.165) is 55.1 Å². The predicted octanol–water partition coefficient (Wildman–Crippen LogP) is 2.56. The predicted molar refractivity (Wildman–Crippen MR) is 109 cm³/mol.